The van der Waals surface area contributed by atoms with E-state index in [1.165, 1.54) is 25.3 Å². The molecule has 0 radical (unpaired) electrons. The Morgan fingerprint density at radius 2 is 2.05 bits per heavy atom. The maximum atomic E-state index is 11.6. The van der Waals surface area contributed by atoms with Crippen molar-refractivity contribution in [2.75, 3.05) is 13.7 Å². The predicted octanol–water partition coefficient (Wildman–Crippen LogP) is 2.25. The normalized spacial score (nSPS) is 12.6. The second-order valence-electron chi connectivity index (χ2n) is 3.42. The van der Waals surface area contributed by atoms with E-state index in [2.05, 4.69) is 29.6 Å². The largest absolute Gasteiger partial charge is 0.465 e. The van der Waals surface area contributed by atoms with Crippen LogP contribution in [0.4, 0.5) is 0 Å². The van der Waals surface area contributed by atoms with Crippen LogP contribution in [0.1, 0.15) is 0 Å². The van der Waals surface area contributed by atoms with Crippen LogP contribution >= 0.6 is 0 Å². The summed E-state index contributed by atoms with van der Waals surface area (Å²) in [7, 11) is 1.19. The summed E-state index contributed by atoms with van der Waals surface area (Å²) < 4.78 is 4.57. The Hall–Kier alpha value is -2.76. The van der Waals surface area contributed by atoms with Crippen LogP contribution in [0.3, 0.4) is 0 Å². The van der Waals surface area contributed by atoms with Gasteiger partial charge in [-0.15, -0.1) is 0 Å². The monoisotopic (exact) mass is 276 g/mol. The number of ether oxygens (including phenoxy) is 1. The first-order valence-corrected chi connectivity index (χ1v) is 5.54. The first-order valence-electron chi connectivity index (χ1n) is 5.54. The molecule has 6 nitrogen and oxygen atoms in total. The summed E-state index contributed by atoms with van der Waals surface area (Å²) in [4.78, 5) is 25.2. The molecule has 0 aliphatic carbocycles. The topological polar surface area (TPSA) is 81.8 Å². The van der Waals surface area contributed by atoms with Crippen molar-refractivity contribution < 1.29 is 14.5 Å². The lowest BCUT2D eigenvalue weighted by Gasteiger charge is -2.04. The zero-order chi connectivity index (χ0) is 15.5. The van der Waals surface area contributed by atoms with Crippen molar-refractivity contribution in [1.29, 1.82) is 0 Å². The van der Waals surface area contributed by atoms with Gasteiger partial charge in [0.15, 0.2) is 0 Å². The summed E-state index contributed by atoms with van der Waals surface area (Å²) in [6.45, 7) is 10.0. The van der Waals surface area contributed by atoms with Crippen LogP contribution < -0.4 is 0 Å². The van der Waals surface area contributed by atoms with Gasteiger partial charge in [0.25, 0.3) is 0 Å². The van der Waals surface area contributed by atoms with Gasteiger partial charge < -0.3 is 4.74 Å². The van der Waals surface area contributed by atoms with E-state index in [0.717, 1.165) is 6.08 Å². The van der Waals surface area contributed by atoms with Crippen LogP contribution in [0.25, 0.3) is 0 Å². The highest BCUT2D eigenvalue weighted by molar-refractivity contribution is 5.92. The zero-order valence-electron chi connectivity index (χ0n) is 11.2. The van der Waals surface area contributed by atoms with Crippen molar-refractivity contribution in [3.63, 3.8) is 0 Å². The second-order valence-corrected chi connectivity index (χ2v) is 3.42. The van der Waals surface area contributed by atoms with Gasteiger partial charge >= 0.3 is 5.97 Å². The SMILES string of the molecule is C=C/C=C(N=C)/C(C=C)=C/C(=C\C[N+](=O)[O-])C(=O)OC. The number of carbonyl (C=O) groups is 1. The number of rotatable bonds is 8. The van der Waals surface area contributed by atoms with Gasteiger partial charge in [0.2, 0.25) is 6.54 Å². The van der Waals surface area contributed by atoms with E-state index in [-0.39, 0.29) is 5.57 Å². The fraction of sp³-hybridized carbons (Fsp3) is 0.143. The van der Waals surface area contributed by atoms with Gasteiger partial charge in [-0.05, 0) is 18.9 Å². The first-order chi connectivity index (χ1) is 9.49. The predicted molar refractivity (Wildman–Crippen MR) is 78.1 cm³/mol. The number of hydrogen-bond acceptors (Lipinski definition) is 5. The summed E-state index contributed by atoms with van der Waals surface area (Å²) in [5.74, 6) is -0.687. The van der Waals surface area contributed by atoms with Gasteiger partial charge in [-0.25, -0.2) is 4.79 Å². The number of hydrogen-bond donors (Lipinski definition) is 0. The highest BCUT2D eigenvalue weighted by Crippen LogP contribution is 2.16. The third-order valence-corrected chi connectivity index (χ3v) is 2.15. The van der Waals surface area contributed by atoms with Crippen LogP contribution in [-0.4, -0.2) is 31.3 Å². The second kappa shape index (κ2) is 9.21. The molecule has 0 aromatic rings. The van der Waals surface area contributed by atoms with E-state index in [1.807, 2.05) is 0 Å². The maximum Gasteiger partial charge on any atom is 0.337 e. The molecule has 0 atom stereocenters. The molecule has 0 saturated carbocycles. The van der Waals surface area contributed by atoms with Crippen LogP contribution in [0.15, 0.2) is 65.4 Å². The standard InChI is InChI=1S/C14H16N2O4/c1-5-7-13(15-3)11(6-2)10-12(14(17)20-4)8-9-16(18)19/h5-8,10H,1-3,9H2,4H3/b11-10+,12-8+,13-7-. The number of esters is 1. The minimum atomic E-state index is -0.687. The quantitative estimate of drug-likeness (QED) is 0.170. The van der Waals surface area contributed by atoms with Crippen molar-refractivity contribution in [3.8, 4) is 0 Å². The van der Waals surface area contributed by atoms with Crippen LogP contribution in [0, 0.1) is 10.1 Å². The lowest BCUT2D eigenvalue weighted by Crippen LogP contribution is -2.07. The molecule has 0 rings (SSSR count). The molecule has 106 valence electrons. The molecule has 6 heteroatoms. The molecular formula is C14H16N2O4. The molecule has 20 heavy (non-hydrogen) atoms. The van der Waals surface area contributed by atoms with E-state index in [9.17, 15) is 14.9 Å². The summed E-state index contributed by atoms with van der Waals surface area (Å²) in [6, 6.07) is 0. The number of aliphatic imine (C=N–C) groups is 1. The molecule has 0 unspecified atom stereocenters. The van der Waals surface area contributed by atoms with Gasteiger partial charge in [0.1, 0.15) is 0 Å². The van der Waals surface area contributed by atoms with E-state index < -0.39 is 17.4 Å². The number of carbonyl (C=O) groups excluding carboxylic acids is 1. The molecule has 0 amide bonds. The Kier molecular flexibility index (Phi) is 7.94. The summed E-state index contributed by atoms with van der Waals surface area (Å²) in [5, 5.41) is 10.4. The Morgan fingerprint density at radius 3 is 2.45 bits per heavy atom. The molecule has 0 fully saturated rings. The van der Waals surface area contributed by atoms with E-state index >= 15 is 0 Å². The molecule has 0 heterocycles. The Labute approximate surface area is 117 Å². The Bertz CT molecular complexity index is 513. The summed E-state index contributed by atoms with van der Waals surface area (Å²) in [6.07, 6.45) is 7.08. The van der Waals surface area contributed by atoms with Crippen molar-refractivity contribution in [2.45, 2.75) is 0 Å². The minimum Gasteiger partial charge on any atom is -0.465 e. The Morgan fingerprint density at radius 1 is 1.40 bits per heavy atom. The van der Waals surface area contributed by atoms with Crippen LogP contribution in [0.2, 0.25) is 0 Å². The number of nitro groups is 1. The fourth-order valence-corrected chi connectivity index (χ4v) is 1.25. The number of methoxy groups -OCH3 is 1. The van der Waals surface area contributed by atoms with Gasteiger partial charge in [-0.3, -0.25) is 15.1 Å². The van der Waals surface area contributed by atoms with E-state index in [0.29, 0.717) is 11.3 Å². The van der Waals surface area contributed by atoms with Gasteiger partial charge in [-0.2, -0.15) is 0 Å². The zero-order valence-corrected chi connectivity index (χ0v) is 11.2. The van der Waals surface area contributed by atoms with Gasteiger partial charge in [0, 0.05) is 16.6 Å². The number of nitrogens with zero attached hydrogens (tertiary/aromatic N) is 2. The van der Waals surface area contributed by atoms with E-state index in [4.69, 9.17) is 0 Å². The van der Waals surface area contributed by atoms with Crippen molar-refractivity contribution in [3.05, 3.63) is 70.5 Å². The number of allylic oxidation sites excluding steroid dienone is 3. The molecule has 0 N–H and O–H groups in total. The average molecular weight is 276 g/mol. The Balaban J connectivity index is 5.67. The van der Waals surface area contributed by atoms with Gasteiger partial charge in [0.05, 0.1) is 18.4 Å². The third kappa shape index (κ3) is 5.72. The average Bonchev–Trinajstić information content (AvgIpc) is 2.44. The lowest BCUT2D eigenvalue weighted by molar-refractivity contribution is -0.468. The maximum absolute atomic E-state index is 11.6. The molecule has 0 bridgehead atoms. The van der Waals surface area contributed by atoms with Crippen LogP contribution in [0.5, 0.6) is 0 Å². The molecule has 0 aliphatic rings. The molecular weight excluding hydrogens is 260 g/mol. The fourth-order valence-electron chi connectivity index (χ4n) is 1.25. The van der Waals surface area contributed by atoms with Crippen molar-refractivity contribution in [2.24, 2.45) is 4.99 Å². The van der Waals surface area contributed by atoms with Crippen LogP contribution in [-0.2, 0) is 9.53 Å². The van der Waals surface area contributed by atoms with Crippen molar-refractivity contribution >= 4 is 12.7 Å². The minimum absolute atomic E-state index is 0.0395. The molecule has 0 aliphatic heterocycles. The van der Waals surface area contributed by atoms with E-state index in [1.54, 1.807) is 6.08 Å². The summed E-state index contributed by atoms with van der Waals surface area (Å²) in [5.41, 5.74) is 0.948. The third-order valence-electron chi connectivity index (χ3n) is 2.15. The highest BCUT2D eigenvalue weighted by atomic mass is 16.6. The van der Waals surface area contributed by atoms with Gasteiger partial charge in [-0.1, -0.05) is 25.3 Å². The summed E-state index contributed by atoms with van der Waals surface area (Å²) >= 11 is 0. The molecule has 0 saturated heterocycles. The smallest absolute Gasteiger partial charge is 0.337 e. The van der Waals surface area contributed by atoms with Crippen molar-refractivity contribution in [1.82, 2.24) is 0 Å². The molecule has 0 aromatic heterocycles. The molecule has 0 spiro atoms. The lowest BCUT2D eigenvalue weighted by atomic mass is 10.1. The first kappa shape index (κ1) is 17.2. The molecule has 0 aromatic carbocycles. The highest BCUT2D eigenvalue weighted by Gasteiger charge is 2.10.